The smallest absolute Gasteiger partial charge is 0.422 e. The van der Waals surface area contributed by atoms with Gasteiger partial charge in [-0.05, 0) is 5.56 Å². The standard InChI is InChI=1S/C14H12F3N3O5/c1-7-10(12(21)25-6-14(15,16)17)11(19-13(22)18-7)8-2-4-9(5-3-8)20(23)24/h2-5,10-11H,1,6H2,(H2,18,19,22). The van der Waals surface area contributed by atoms with Crippen LogP contribution in [-0.2, 0) is 9.53 Å². The van der Waals surface area contributed by atoms with Gasteiger partial charge in [-0.25, -0.2) is 4.79 Å². The number of nitro groups is 1. The van der Waals surface area contributed by atoms with Crippen molar-refractivity contribution in [3.8, 4) is 0 Å². The summed E-state index contributed by atoms with van der Waals surface area (Å²) in [6.45, 7) is 1.69. The molecule has 8 nitrogen and oxygen atoms in total. The van der Waals surface area contributed by atoms with E-state index in [4.69, 9.17) is 0 Å². The fraction of sp³-hybridized carbons (Fsp3) is 0.286. The van der Waals surface area contributed by atoms with Gasteiger partial charge in [0.05, 0.1) is 11.0 Å². The van der Waals surface area contributed by atoms with E-state index in [0.29, 0.717) is 0 Å². The number of urea groups is 1. The summed E-state index contributed by atoms with van der Waals surface area (Å²) in [6, 6.07) is 3.06. The molecule has 0 aromatic heterocycles. The Morgan fingerprint density at radius 2 is 1.92 bits per heavy atom. The molecular weight excluding hydrogens is 347 g/mol. The van der Waals surface area contributed by atoms with Crippen LogP contribution in [0.4, 0.5) is 23.7 Å². The molecule has 25 heavy (non-hydrogen) atoms. The Morgan fingerprint density at radius 3 is 2.44 bits per heavy atom. The molecule has 2 atom stereocenters. The molecule has 134 valence electrons. The van der Waals surface area contributed by atoms with E-state index in [0.717, 1.165) is 12.1 Å². The van der Waals surface area contributed by atoms with Crippen molar-refractivity contribution >= 4 is 17.7 Å². The van der Waals surface area contributed by atoms with E-state index in [1.807, 2.05) is 0 Å². The van der Waals surface area contributed by atoms with Crippen LogP contribution < -0.4 is 10.6 Å². The van der Waals surface area contributed by atoms with Crippen LogP contribution in [0.15, 0.2) is 36.5 Å². The average Bonchev–Trinajstić information content (AvgIpc) is 2.51. The van der Waals surface area contributed by atoms with Crippen LogP contribution in [0.3, 0.4) is 0 Å². The van der Waals surface area contributed by atoms with Gasteiger partial charge < -0.3 is 15.4 Å². The number of alkyl halides is 3. The van der Waals surface area contributed by atoms with Crippen LogP contribution >= 0.6 is 0 Å². The number of nitrogens with one attached hydrogen (secondary N) is 2. The number of carbonyl (C=O) groups is 2. The zero-order valence-electron chi connectivity index (χ0n) is 12.5. The van der Waals surface area contributed by atoms with Crippen molar-refractivity contribution in [2.75, 3.05) is 6.61 Å². The van der Waals surface area contributed by atoms with Crippen molar-refractivity contribution in [2.45, 2.75) is 12.2 Å². The minimum atomic E-state index is -4.70. The highest BCUT2D eigenvalue weighted by atomic mass is 19.4. The molecular formula is C14H12F3N3O5. The quantitative estimate of drug-likeness (QED) is 0.486. The third-order valence-electron chi connectivity index (χ3n) is 3.36. The number of non-ortho nitro benzene ring substituents is 1. The van der Waals surface area contributed by atoms with Gasteiger partial charge >= 0.3 is 18.2 Å². The van der Waals surface area contributed by atoms with Gasteiger partial charge in [0.25, 0.3) is 5.69 Å². The van der Waals surface area contributed by atoms with Crippen LogP contribution in [-0.4, -0.2) is 29.7 Å². The Labute approximate surface area is 138 Å². The molecule has 1 aromatic rings. The van der Waals surface area contributed by atoms with Crippen molar-refractivity contribution in [3.63, 3.8) is 0 Å². The molecule has 0 radical (unpaired) electrons. The van der Waals surface area contributed by atoms with Gasteiger partial charge in [0.15, 0.2) is 6.61 Å². The van der Waals surface area contributed by atoms with E-state index in [1.165, 1.54) is 12.1 Å². The van der Waals surface area contributed by atoms with Gasteiger partial charge in [0.1, 0.15) is 5.92 Å². The van der Waals surface area contributed by atoms with Gasteiger partial charge in [-0.1, -0.05) is 18.7 Å². The molecule has 1 fully saturated rings. The summed E-state index contributed by atoms with van der Waals surface area (Å²) in [6.07, 6.45) is -4.70. The lowest BCUT2D eigenvalue weighted by molar-refractivity contribution is -0.384. The molecule has 2 amide bonds. The fourth-order valence-corrected chi connectivity index (χ4v) is 2.29. The van der Waals surface area contributed by atoms with Gasteiger partial charge in [-0.3, -0.25) is 14.9 Å². The lowest BCUT2D eigenvalue weighted by Crippen LogP contribution is -2.51. The summed E-state index contributed by atoms with van der Waals surface area (Å²) in [5, 5.41) is 15.3. The number of amides is 2. The molecule has 0 bridgehead atoms. The van der Waals surface area contributed by atoms with Gasteiger partial charge in [-0.15, -0.1) is 0 Å². The van der Waals surface area contributed by atoms with Crippen LogP contribution in [0.1, 0.15) is 11.6 Å². The topological polar surface area (TPSA) is 111 Å². The minimum Gasteiger partial charge on any atom is -0.455 e. The maximum atomic E-state index is 12.2. The SMILES string of the molecule is C=C1NC(=O)NC(c2ccc([N+](=O)[O-])cc2)C1C(=O)OCC(F)(F)F. The maximum Gasteiger partial charge on any atom is 0.422 e. The zero-order valence-corrected chi connectivity index (χ0v) is 12.5. The zero-order chi connectivity index (χ0) is 18.8. The van der Waals surface area contributed by atoms with E-state index < -0.39 is 41.7 Å². The summed E-state index contributed by atoms with van der Waals surface area (Å²) in [4.78, 5) is 33.7. The van der Waals surface area contributed by atoms with E-state index in [1.54, 1.807) is 0 Å². The summed E-state index contributed by atoms with van der Waals surface area (Å²) in [7, 11) is 0. The average molecular weight is 359 g/mol. The Hall–Kier alpha value is -3.11. The summed E-state index contributed by atoms with van der Waals surface area (Å²) in [5.41, 5.74) is -0.0890. The summed E-state index contributed by atoms with van der Waals surface area (Å²) in [5.74, 6) is -2.57. The van der Waals surface area contributed by atoms with Crippen LogP contribution in [0.5, 0.6) is 0 Å². The molecule has 1 aliphatic rings. The Kier molecular flexibility index (Phi) is 4.95. The van der Waals surface area contributed by atoms with E-state index in [2.05, 4.69) is 21.9 Å². The molecule has 1 aliphatic heterocycles. The highest BCUT2D eigenvalue weighted by Gasteiger charge is 2.40. The molecule has 1 saturated heterocycles. The predicted molar refractivity (Wildman–Crippen MR) is 77.1 cm³/mol. The van der Waals surface area contributed by atoms with Crippen molar-refractivity contribution in [1.82, 2.24) is 10.6 Å². The summed E-state index contributed by atoms with van der Waals surface area (Å²) >= 11 is 0. The second-order valence-electron chi connectivity index (χ2n) is 5.15. The number of ether oxygens (including phenoxy) is 1. The lowest BCUT2D eigenvalue weighted by Gasteiger charge is -2.33. The van der Waals surface area contributed by atoms with Gasteiger partial charge in [0, 0.05) is 17.8 Å². The monoisotopic (exact) mass is 359 g/mol. The molecule has 1 aromatic carbocycles. The van der Waals surface area contributed by atoms with Crippen LogP contribution in [0, 0.1) is 16.0 Å². The summed E-state index contributed by atoms with van der Waals surface area (Å²) < 4.78 is 40.9. The first-order valence-corrected chi connectivity index (χ1v) is 6.82. The van der Waals surface area contributed by atoms with Gasteiger partial charge in [-0.2, -0.15) is 13.2 Å². The Morgan fingerprint density at radius 1 is 1.32 bits per heavy atom. The number of nitro benzene ring substituents is 1. The van der Waals surface area contributed by atoms with Crippen molar-refractivity contribution in [1.29, 1.82) is 0 Å². The second kappa shape index (κ2) is 6.79. The van der Waals surface area contributed by atoms with Crippen molar-refractivity contribution < 1.29 is 32.4 Å². The number of carbonyl (C=O) groups excluding carboxylic acids is 2. The Balaban J connectivity index is 2.27. The highest BCUT2D eigenvalue weighted by Crippen LogP contribution is 2.31. The lowest BCUT2D eigenvalue weighted by atomic mass is 9.89. The maximum absolute atomic E-state index is 12.2. The third-order valence-corrected chi connectivity index (χ3v) is 3.36. The number of rotatable bonds is 4. The van der Waals surface area contributed by atoms with Crippen LogP contribution in [0.2, 0.25) is 0 Å². The minimum absolute atomic E-state index is 0.140. The number of hydrogen-bond donors (Lipinski definition) is 2. The third kappa shape index (κ3) is 4.46. The van der Waals surface area contributed by atoms with Gasteiger partial charge in [0.2, 0.25) is 0 Å². The predicted octanol–water partition coefficient (Wildman–Crippen LogP) is 2.18. The van der Waals surface area contributed by atoms with Crippen molar-refractivity contribution in [2.24, 2.45) is 5.92 Å². The highest BCUT2D eigenvalue weighted by molar-refractivity contribution is 5.85. The number of halogens is 3. The normalized spacial score (nSPS) is 20.4. The molecule has 0 aliphatic carbocycles. The Bertz CT molecular complexity index is 717. The molecule has 1 heterocycles. The van der Waals surface area contributed by atoms with E-state index in [-0.39, 0.29) is 16.9 Å². The number of hydrogen-bond acceptors (Lipinski definition) is 5. The van der Waals surface area contributed by atoms with E-state index in [9.17, 15) is 32.9 Å². The molecule has 2 N–H and O–H groups in total. The first kappa shape index (κ1) is 18.2. The molecule has 0 spiro atoms. The number of esters is 1. The molecule has 2 rings (SSSR count). The number of benzene rings is 1. The largest absolute Gasteiger partial charge is 0.455 e. The van der Waals surface area contributed by atoms with Crippen molar-refractivity contribution in [3.05, 3.63) is 52.2 Å². The molecule has 11 heteroatoms. The second-order valence-corrected chi connectivity index (χ2v) is 5.15. The molecule has 0 saturated carbocycles. The first-order chi connectivity index (χ1) is 11.6. The fourth-order valence-electron chi connectivity index (χ4n) is 2.29. The molecule has 2 unspecified atom stereocenters. The van der Waals surface area contributed by atoms with Crippen LogP contribution in [0.25, 0.3) is 0 Å². The van der Waals surface area contributed by atoms with E-state index >= 15 is 0 Å². The number of nitrogens with zero attached hydrogens (tertiary/aromatic N) is 1. The first-order valence-electron chi connectivity index (χ1n) is 6.82.